The van der Waals surface area contributed by atoms with Gasteiger partial charge in [-0.05, 0) is 24.3 Å². The number of amides is 1. The van der Waals surface area contributed by atoms with E-state index in [0.29, 0.717) is 29.4 Å². The summed E-state index contributed by atoms with van der Waals surface area (Å²) >= 11 is 0. The van der Waals surface area contributed by atoms with Crippen LogP contribution in [0.2, 0.25) is 0 Å². The molecule has 0 bridgehead atoms. The highest BCUT2D eigenvalue weighted by Crippen LogP contribution is 2.23. The van der Waals surface area contributed by atoms with Crippen molar-refractivity contribution in [3.63, 3.8) is 0 Å². The normalized spacial score (nSPS) is 14.7. The van der Waals surface area contributed by atoms with E-state index in [9.17, 15) is 9.59 Å². The number of carbonyl (C=O) groups excluding carboxylic acids is 1. The first-order valence-corrected chi connectivity index (χ1v) is 9.25. The van der Waals surface area contributed by atoms with Crippen LogP contribution >= 0.6 is 0 Å². The first-order chi connectivity index (χ1) is 13.7. The van der Waals surface area contributed by atoms with Gasteiger partial charge in [0.1, 0.15) is 11.0 Å². The van der Waals surface area contributed by atoms with Crippen molar-refractivity contribution >= 4 is 33.7 Å². The van der Waals surface area contributed by atoms with Crippen molar-refractivity contribution in [3.05, 3.63) is 76.6 Å². The standard InChI is InChI=1S/C22H18N2O4/c25-20-16-8-4-5-9-18(16)27-22-17(20)14-19(28-22)21(26)24-12-10-23(11-13-24)15-6-2-1-3-7-15/h1-9,14H,10-13H2. The zero-order valence-corrected chi connectivity index (χ0v) is 15.1. The highest BCUT2D eigenvalue weighted by Gasteiger charge is 2.26. The van der Waals surface area contributed by atoms with Gasteiger partial charge in [-0.3, -0.25) is 9.59 Å². The predicted octanol–water partition coefficient (Wildman–Crippen LogP) is 3.50. The fraction of sp³-hybridized carbons (Fsp3) is 0.182. The summed E-state index contributed by atoms with van der Waals surface area (Å²) in [5.74, 6) is 0.0110. The molecule has 140 valence electrons. The van der Waals surface area contributed by atoms with Crippen molar-refractivity contribution in [1.82, 2.24) is 4.90 Å². The lowest BCUT2D eigenvalue weighted by molar-refractivity contribution is 0.0715. The quantitative estimate of drug-likeness (QED) is 0.537. The molecule has 0 saturated carbocycles. The molecule has 1 saturated heterocycles. The second-order valence-corrected chi connectivity index (χ2v) is 6.85. The Morgan fingerprint density at radius 1 is 0.821 bits per heavy atom. The van der Waals surface area contributed by atoms with Crippen molar-refractivity contribution in [3.8, 4) is 0 Å². The molecular weight excluding hydrogens is 356 g/mol. The van der Waals surface area contributed by atoms with E-state index in [1.807, 2.05) is 18.2 Å². The number of fused-ring (bicyclic) bond motifs is 2. The molecule has 0 spiro atoms. The molecule has 1 fully saturated rings. The van der Waals surface area contributed by atoms with Gasteiger partial charge >= 0.3 is 5.78 Å². The van der Waals surface area contributed by atoms with Crippen LogP contribution in [0, 0.1) is 0 Å². The monoisotopic (exact) mass is 374 g/mol. The first-order valence-electron chi connectivity index (χ1n) is 9.25. The molecule has 0 radical (unpaired) electrons. The summed E-state index contributed by atoms with van der Waals surface area (Å²) in [7, 11) is 0. The number of anilines is 1. The average molecular weight is 374 g/mol. The fourth-order valence-electron chi connectivity index (χ4n) is 3.66. The molecule has 1 aliphatic heterocycles. The first kappa shape index (κ1) is 16.6. The van der Waals surface area contributed by atoms with E-state index in [4.69, 9.17) is 8.83 Å². The van der Waals surface area contributed by atoms with Gasteiger partial charge in [0, 0.05) is 37.9 Å². The van der Waals surface area contributed by atoms with Crippen LogP contribution in [0.25, 0.3) is 22.1 Å². The number of piperazine rings is 1. The molecule has 1 aliphatic rings. The number of furan rings is 1. The third-order valence-electron chi connectivity index (χ3n) is 5.18. The molecule has 0 N–H and O–H groups in total. The van der Waals surface area contributed by atoms with Crippen LogP contribution in [-0.4, -0.2) is 37.0 Å². The number of carbonyl (C=O) groups is 1. The Labute approximate surface area is 160 Å². The third kappa shape index (κ3) is 2.74. The van der Waals surface area contributed by atoms with Crippen LogP contribution in [0.1, 0.15) is 10.6 Å². The van der Waals surface area contributed by atoms with Gasteiger partial charge in [-0.15, -0.1) is 0 Å². The molecule has 2 aromatic heterocycles. The number of hydrogen-bond donors (Lipinski definition) is 0. The zero-order valence-electron chi connectivity index (χ0n) is 15.1. The molecule has 2 aromatic carbocycles. The summed E-state index contributed by atoms with van der Waals surface area (Å²) in [4.78, 5) is 29.5. The molecule has 28 heavy (non-hydrogen) atoms. The van der Waals surface area contributed by atoms with Crippen LogP contribution in [-0.2, 0) is 0 Å². The SMILES string of the molecule is O=C(c1cc2c(=O)c3ccccc3oc2o1)N1CCN(c2ccccc2)CC1. The van der Waals surface area contributed by atoms with Crippen LogP contribution in [0.5, 0.6) is 0 Å². The number of para-hydroxylation sites is 2. The van der Waals surface area contributed by atoms with Crippen molar-refractivity contribution in [2.45, 2.75) is 0 Å². The number of rotatable bonds is 2. The Kier molecular flexibility index (Phi) is 3.90. The summed E-state index contributed by atoms with van der Waals surface area (Å²) in [6.45, 7) is 2.68. The van der Waals surface area contributed by atoms with Gasteiger partial charge in [-0.2, -0.15) is 0 Å². The van der Waals surface area contributed by atoms with E-state index in [2.05, 4.69) is 17.0 Å². The van der Waals surface area contributed by atoms with Crippen molar-refractivity contribution in [1.29, 1.82) is 0 Å². The van der Waals surface area contributed by atoms with E-state index < -0.39 is 0 Å². The largest absolute Gasteiger partial charge is 0.425 e. The van der Waals surface area contributed by atoms with Gasteiger partial charge in [-0.1, -0.05) is 30.3 Å². The van der Waals surface area contributed by atoms with E-state index in [1.165, 1.54) is 6.07 Å². The highest BCUT2D eigenvalue weighted by molar-refractivity contribution is 5.97. The Hall–Kier alpha value is -3.54. The minimum absolute atomic E-state index is 0.0926. The van der Waals surface area contributed by atoms with Crippen LogP contribution in [0.15, 0.2) is 74.3 Å². The highest BCUT2D eigenvalue weighted by atomic mass is 16.5. The molecule has 4 aromatic rings. The minimum Gasteiger partial charge on any atom is -0.425 e. The number of benzene rings is 2. The van der Waals surface area contributed by atoms with Crippen LogP contribution < -0.4 is 10.3 Å². The second-order valence-electron chi connectivity index (χ2n) is 6.85. The summed E-state index contributed by atoms with van der Waals surface area (Å²) in [6.07, 6.45) is 0. The molecule has 3 heterocycles. The third-order valence-corrected chi connectivity index (χ3v) is 5.18. The number of hydrogen-bond acceptors (Lipinski definition) is 5. The summed E-state index contributed by atoms with van der Waals surface area (Å²) in [6, 6.07) is 18.6. The average Bonchev–Trinajstić information content (AvgIpc) is 3.19. The Balaban J connectivity index is 1.40. The smallest absolute Gasteiger partial charge is 0.302 e. The lowest BCUT2D eigenvalue weighted by Crippen LogP contribution is -2.48. The van der Waals surface area contributed by atoms with Crippen LogP contribution in [0.3, 0.4) is 0 Å². The van der Waals surface area contributed by atoms with E-state index in [1.54, 1.807) is 29.2 Å². The van der Waals surface area contributed by atoms with E-state index >= 15 is 0 Å². The molecule has 0 atom stereocenters. The van der Waals surface area contributed by atoms with Crippen molar-refractivity contribution < 1.29 is 13.6 Å². The minimum atomic E-state index is -0.220. The maximum absolute atomic E-state index is 12.9. The molecule has 6 heteroatoms. The van der Waals surface area contributed by atoms with E-state index in [0.717, 1.165) is 18.8 Å². The molecule has 6 nitrogen and oxygen atoms in total. The summed E-state index contributed by atoms with van der Waals surface area (Å²) in [5.41, 5.74) is 1.41. The lowest BCUT2D eigenvalue weighted by atomic mass is 10.2. The predicted molar refractivity (Wildman–Crippen MR) is 107 cm³/mol. The molecule has 5 rings (SSSR count). The summed E-state index contributed by atoms with van der Waals surface area (Å²) in [5, 5.41) is 0.774. The van der Waals surface area contributed by atoms with Gasteiger partial charge in [0.2, 0.25) is 5.43 Å². The van der Waals surface area contributed by atoms with Crippen LogP contribution in [0.4, 0.5) is 5.69 Å². The van der Waals surface area contributed by atoms with Gasteiger partial charge in [-0.25, -0.2) is 0 Å². The number of nitrogens with zero attached hydrogens (tertiary/aromatic N) is 2. The maximum Gasteiger partial charge on any atom is 0.302 e. The molecular formula is C22H18N2O4. The summed E-state index contributed by atoms with van der Waals surface area (Å²) < 4.78 is 11.3. The van der Waals surface area contributed by atoms with Gasteiger partial charge in [0.05, 0.1) is 5.39 Å². The van der Waals surface area contributed by atoms with Crippen molar-refractivity contribution in [2.24, 2.45) is 0 Å². The molecule has 0 unspecified atom stereocenters. The molecule has 1 amide bonds. The topological polar surface area (TPSA) is 66.9 Å². The molecule has 0 aliphatic carbocycles. The Morgan fingerprint density at radius 2 is 1.54 bits per heavy atom. The fourth-order valence-corrected chi connectivity index (χ4v) is 3.66. The lowest BCUT2D eigenvalue weighted by Gasteiger charge is -2.35. The van der Waals surface area contributed by atoms with Gasteiger partial charge < -0.3 is 18.6 Å². The Bertz CT molecular complexity index is 1220. The maximum atomic E-state index is 12.9. The van der Waals surface area contributed by atoms with Crippen molar-refractivity contribution in [2.75, 3.05) is 31.1 Å². The second kappa shape index (κ2) is 6.56. The zero-order chi connectivity index (χ0) is 19.1. The van der Waals surface area contributed by atoms with Gasteiger partial charge in [0.15, 0.2) is 5.76 Å². The van der Waals surface area contributed by atoms with Gasteiger partial charge in [0.25, 0.3) is 5.91 Å². The Morgan fingerprint density at radius 3 is 2.32 bits per heavy atom. The van der Waals surface area contributed by atoms with E-state index in [-0.39, 0.29) is 22.9 Å².